The first-order valence-electron chi connectivity index (χ1n) is 6.31. The SMILES string of the molecule is C[C@@H]1CCCN(S(=O)(=O)Cc2c(F)cccc2Cl)C1. The summed E-state index contributed by atoms with van der Waals surface area (Å²) < 4.78 is 39.7. The molecule has 1 fully saturated rings. The van der Waals surface area contributed by atoms with Crippen LogP contribution in [0.1, 0.15) is 25.3 Å². The van der Waals surface area contributed by atoms with E-state index in [1.54, 1.807) is 0 Å². The summed E-state index contributed by atoms with van der Waals surface area (Å²) in [7, 11) is -3.51. The van der Waals surface area contributed by atoms with E-state index in [0.29, 0.717) is 19.0 Å². The Morgan fingerprint density at radius 1 is 1.47 bits per heavy atom. The normalized spacial score (nSPS) is 21.5. The fourth-order valence-corrected chi connectivity index (χ4v) is 4.38. The number of rotatable bonds is 3. The highest BCUT2D eigenvalue weighted by Gasteiger charge is 2.28. The van der Waals surface area contributed by atoms with Gasteiger partial charge < -0.3 is 0 Å². The number of hydrogen-bond donors (Lipinski definition) is 0. The average molecular weight is 306 g/mol. The number of nitrogens with zero attached hydrogens (tertiary/aromatic N) is 1. The van der Waals surface area contributed by atoms with E-state index >= 15 is 0 Å². The maximum atomic E-state index is 13.7. The van der Waals surface area contributed by atoms with Gasteiger partial charge in [0.25, 0.3) is 0 Å². The average Bonchev–Trinajstić information content (AvgIpc) is 2.34. The zero-order valence-corrected chi connectivity index (χ0v) is 12.3. The largest absolute Gasteiger partial charge is 0.218 e. The molecule has 6 heteroatoms. The van der Waals surface area contributed by atoms with Crippen LogP contribution in [0.25, 0.3) is 0 Å². The molecule has 1 atom stereocenters. The Kier molecular flexibility index (Phi) is 4.48. The molecule has 1 heterocycles. The van der Waals surface area contributed by atoms with Crippen molar-refractivity contribution in [3.05, 3.63) is 34.6 Å². The van der Waals surface area contributed by atoms with Crippen molar-refractivity contribution in [2.75, 3.05) is 13.1 Å². The molecule has 0 aromatic heterocycles. The van der Waals surface area contributed by atoms with Crippen LogP contribution in [0.2, 0.25) is 5.02 Å². The van der Waals surface area contributed by atoms with E-state index in [-0.39, 0.29) is 16.3 Å². The highest BCUT2D eigenvalue weighted by atomic mass is 35.5. The molecule has 19 heavy (non-hydrogen) atoms. The molecule has 0 unspecified atom stereocenters. The minimum atomic E-state index is -3.51. The molecule has 1 aliphatic rings. The molecule has 0 radical (unpaired) electrons. The van der Waals surface area contributed by atoms with Crippen LogP contribution in [-0.4, -0.2) is 25.8 Å². The first-order valence-corrected chi connectivity index (χ1v) is 8.29. The minimum Gasteiger partial charge on any atom is -0.212 e. The van der Waals surface area contributed by atoms with Crippen LogP contribution in [0, 0.1) is 11.7 Å². The lowest BCUT2D eigenvalue weighted by molar-refractivity contribution is 0.281. The molecule has 2 rings (SSSR count). The van der Waals surface area contributed by atoms with E-state index in [4.69, 9.17) is 11.6 Å². The maximum absolute atomic E-state index is 13.7. The highest BCUT2D eigenvalue weighted by molar-refractivity contribution is 7.88. The Morgan fingerprint density at radius 3 is 2.84 bits per heavy atom. The van der Waals surface area contributed by atoms with Crippen molar-refractivity contribution < 1.29 is 12.8 Å². The van der Waals surface area contributed by atoms with E-state index in [2.05, 4.69) is 0 Å². The van der Waals surface area contributed by atoms with Gasteiger partial charge in [-0.05, 0) is 30.9 Å². The molecule has 0 spiro atoms. The fourth-order valence-electron chi connectivity index (χ4n) is 2.34. The Labute approximate surface area is 118 Å². The van der Waals surface area contributed by atoms with Gasteiger partial charge in [0.1, 0.15) is 5.82 Å². The van der Waals surface area contributed by atoms with Crippen LogP contribution >= 0.6 is 11.6 Å². The molecule has 1 saturated heterocycles. The summed E-state index contributed by atoms with van der Waals surface area (Å²) in [5.74, 6) is -0.591. The molecule has 1 aliphatic heterocycles. The lowest BCUT2D eigenvalue weighted by Crippen LogP contribution is -2.39. The van der Waals surface area contributed by atoms with Crippen LogP contribution in [0.15, 0.2) is 18.2 Å². The quantitative estimate of drug-likeness (QED) is 0.861. The van der Waals surface area contributed by atoms with Crippen LogP contribution in [-0.2, 0) is 15.8 Å². The summed E-state index contributed by atoms with van der Waals surface area (Å²) in [5, 5.41) is 0.161. The topological polar surface area (TPSA) is 37.4 Å². The van der Waals surface area contributed by atoms with Crippen molar-refractivity contribution in [2.24, 2.45) is 5.92 Å². The summed E-state index contributed by atoms with van der Waals surface area (Å²) in [6.45, 7) is 3.05. The first kappa shape index (κ1) is 14.8. The van der Waals surface area contributed by atoms with Gasteiger partial charge in [-0.3, -0.25) is 0 Å². The molecule has 0 saturated carbocycles. The molecular formula is C13H17ClFNO2S. The Balaban J connectivity index is 2.21. The van der Waals surface area contributed by atoms with E-state index in [0.717, 1.165) is 12.8 Å². The van der Waals surface area contributed by atoms with Gasteiger partial charge in [-0.2, -0.15) is 0 Å². The van der Waals surface area contributed by atoms with Gasteiger partial charge in [0.2, 0.25) is 10.0 Å². The van der Waals surface area contributed by atoms with Gasteiger partial charge in [0.05, 0.1) is 5.75 Å². The van der Waals surface area contributed by atoms with Crippen LogP contribution in [0.5, 0.6) is 0 Å². The molecule has 0 aliphatic carbocycles. The number of benzene rings is 1. The zero-order valence-electron chi connectivity index (χ0n) is 10.8. The van der Waals surface area contributed by atoms with Crippen molar-refractivity contribution in [3.8, 4) is 0 Å². The number of hydrogen-bond acceptors (Lipinski definition) is 2. The number of halogens is 2. The Hall–Kier alpha value is -0.650. The van der Waals surface area contributed by atoms with E-state index in [9.17, 15) is 12.8 Å². The van der Waals surface area contributed by atoms with Gasteiger partial charge in [-0.15, -0.1) is 0 Å². The molecule has 0 amide bonds. The third-order valence-electron chi connectivity index (χ3n) is 3.40. The Bertz CT molecular complexity index is 542. The second kappa shape index (κ2) is 5.77. The second-order valence-electron chi connectivity index (χ2n) is 5.06. The van der Waals surface area contributed by atoms with Gasteiger partial charge >= 0.3 is 0 Å². The van der Waals surface area contributed by atoms with E-state index in [1.807, 2.05) is 6.92 Å². The third kappa shape index (κ3) is 3.46. The summed E-state index contributed by atoms with van der Waals surface area (Å²) in [5.41, 5.74) is 0.0578. The minimum absolute atomic E-state index is 0.0578. The van der Waals surface area contributed by atoms with Gasteiger partial charge in [-0.25, -0.2) is 17.1 Å². The van der Waals surface area contributed by atoms with Crippen LogP contribution in [0.3, 0.4) is 0 Å². The summed E-state index contributed by atoms with van der Waals surface area (Å²) >= 11 is 5.88. The third-order valence-corrected chi connectivity index (χ3v) is 5.53. The smallest absolute Gasteiger partial charge is 0.212 e. The van der Waals surface area contributed by atoms with E-state index in [1.165, 1.54) is 22.5 Å². The number of piperidine rings is 1. The van der Waals surface area contributed by atoms with Crippen molar-refractivity contribution in [2.45, 2.75) is 25.5 Å². The van der Waals surface area contributed by atoms with Gasteiger partial charge in [-0.1, -0.05) is 24.6 Å². The molecule has 1 aromatic carbocycles. The molecule has 1 aromatic rings. The standard InChI is InChI=1S/C13H17ClFNO2S/c1-10-4-3-7-16(8-10)19(17,18)9-11-12(14)5-2-6-13(11)15/h2,5-6,10H,3-4,7-9H2,1H3/t10-/m1/s1. The molecule has 0 bridgehead atoms. The fraction of sp³-hybridized carbons (Fsp3) is 0.538. The highest BCUT2D eigenvalue weighted by Crippen LogP contribution is 2.25. The first-order chi connectivity index (χ1) is 8.90. The summed E-state index contributed by atoms with van der Waals surface area (Å²) in [6.07, 6.45) is 1.89. The van der Waals surface area contributed by atoms with Crippen molar-refractivity contribution in [1.29, 1.82) is 0 Å². The molecule has 0 N–H and O–H groups in total. The van der Waals surface area contributed by atoms with Crippen LogP contribution in [0.4, 0.5) is 4.39 Å². The van der Waals surface area contributed by atoms with Crippen LogP contribution < -0.4 is 0 Å². The summed E-state index contributed by atoms with van der Waals surface area (Å²) in [6, 6.07) is 4.21. The Morgan fingerprint density at radius 2 is 2.21 bits per heavy atom. The van der Waals surface area contributed by atoms with Crippen molar-refractivity contribution in [3.63, 3.8) is 0 Å². The monoisotopic (exact) mass is 305 g/mol. The van der Waals surface area contributed by atoms with Crippen molar-refractivity contribution >= 4 is 21.6 Å². The van der Waals surface area contributed by atoms with Gasteiger partial charge in [0, 0.05) is 23.7 Å². The summed E-state index contributed by atoms with van der Waals surface area (Å²) in [4.78, 5) is 0. The predicted octanol–water partition coefficient (Wildman–Crippen LogP) is 3.04. The van der Waals surface area contributed by atoms with Gasteiger partial charge in [0.15, 0.2) is 0 Å². The molecule has 3 nitrogen and oxygen atoms in total. The van der Waals surface area contributed by atoms with Crippen molar-refractivity contribution in [1.82, 2.24) is 4.31 Å². The predicted molar refractivity (Wildman–Crippen MR) is 74.0 cm³/mol. The molecular weight excluding hydrogens is 289 g/mol. The second-order valence-corrected chi connectivity index (χ2v) is 7.44. The maximum Gasteiger partial charge on any atom is 0.218 e. The molecule has 106 valence electrons. The zero-order chi connectivity index (χ0) is 14.0. The number of sulfonamides is 1. The lowest BCUT2D eigenvalue weighted by atomic mass is 10.0. The van der Waals surface area contributed by atoms with E-state index < -0.39 is 15.8 Å². The lowest BCUT2D eigenvalue weighted by Gasteiger charge is -2.30.